The van der Waals surface area contributed by atoms with Gasteiger partial charge in [0.05, 0.1) is 8.07 Å². The lowest BCUT2D eigenvalue weighted by Crippen LogP contribution is -2.37. The fraction of sp³-hybridized carbons (Fsp3) is 0.170. The Morgan fingerprint density at radius 1 is 0.412 bits per heavy atom. The second-order valence-corrected chi connectivity index (χ2v) is 20.3. The highest BCUT2D eigenvalue weighted by Gasteiger charge is 2.45. The molecule has 4 heteroatoms. The fourth-order valence-electron chi connectivity index (χ4n) is 8.31. The van der Waals surface area contributed by atoms with E-state index in [1.807, 2.05) is 36.4 Å². The van der Waals surface area contributed by atoms with E-state index < -0.39 is 8.07 Å². The third-order valence-electron chi connectivity index (χ3n) is 11.1. The monoisotopic (exact) mass is 675 g/mol. The number of fused-ring (bicyclic) bond motifs is 5. The standard InChI is InChI=1S/C47H41N3Si/c1-51(2,3)39-23-19-32(20-24-39)36-21-25-40-41-26-22-37(31-43(41)47(42(40)30-36)27-10-11-28-47)35-17-12-18-38(29-35)46-49-44(33-13-6-4-7-14-33)48-45(50-46)34-15-8-5-9-16-34/h4-9,12-26,29-31H,10-11,27-28H2,1-3H3. The molecular weight excluding hydrogens is 635 g/mol. The Morgan fingerprint density at radius 2 is 0.843 bits per heavy atom. The van der Waals surface area contributed by atoms with Gasteiger partial charge in [-0.3, -0.25) is 0 Å². The number of rotatable bonds is 6. The van der Waals surface area contributed by atoms with Crippen LogP contribution in [0.4, 0.5) is 0 Å². The summed E-state index contributed by atoms with van der Waals surface area (Å²) in [5, 5.41) is 1.51. The van der Waals surface area contributed by atoms with E-state index in [1.165, 1.54) is 75.4 Å². The Balaban J connectivity index is 1.10. The molecule has 7 aromatic rings. The first-order valence-electron chi connectivity index (χ1n) is 18.2. The zero-order valence-corrected chi connectivity index (χ0v) is 30.5. The first kappa shape index (κ1) is 31.5. The van der Waals surface area contributed by atoms with Crippen molar-refractivity contribution in [1.82, 2.24) is 15.0 Å². The van der Waals surface area contributed by atoms with Gasteiger partial charge in [-0.05, 0) is 75.5 Å². The Labute approximate surface area is 302 Å². The van der Waals surface area contributed by atoms with Gasteiger partial charge < -0.3 is 0 Å². The van der Waals surface area contributed by atoms with Gasteiger partial charge in [-0.2, -0.15) is 0 Å². The quantitative estimate of drug-likeness (QED) is 0.165. The second kappa shape index (κ2) is 12.4. The summed E-state index contributed by atoms with van der Waals surface area (Å²) in [4.78, 5) is 14.9. The third kappa shape index (κ3) is 5.64. The largest absolute Gasteiger partial charge is 0.208 e. The highest BCUT2D eigenvalue weighted by Crippen LogP contribution is 2.58. The molecule has 1 aromatic heterocycles. The van der Waals surface area contributed by atoms with E-state index in [1.54, 1.807) is 0 Å². The molecule has 51 heavy (non-hydrogen) atoms. The minimum atomic E-state index is -1.34. The number of hydrogen-bond donors (Lipinski definition) is 0. The maximum atomic E-state index is 5.01. The van der Waals surface area contributed by atoms with Gasteiger partial charge in [-0.15, -0.1) is 0 Å². The number of benzene rings is 6. The molecule has 0 amide bonds. The van der Waals surface area contributed by atoms with E-state index >= 15 is 0 Å². The summed E-state index contributed by atoms with van der Waals surface area (Å²) in [6, 6.07) is 52.8. The molecule has 1 saturated carbocycles. The van der Waals surface area contributed by atoms with Gasteiger partial charge in [-0.1, -0.05) is 165 Å². The van der Waals surface area contributed by atoms with Gasteiger partial charge in [0.15, 0.2) is 17.5 Å². The maximum Gasteiger partial charge on any atom is 0.164 e. The minimum absolute atomic E-state index is 0.0654. The predicted octanol–water partition coefficient (Wildman–Crippen LogP) is 11.6. The third-order valence-corrected chi connectivity index (χ3v) is 13.1. The molecule has 3 nitrogen and oxygen atoms in total. The van der Waals surface area contributed by atoms with Crippen molar-refractivity contribution in [2.75, 3.05) is 0 Å². The van der Waals surface area contributed by atoms with Crippen molar-refractivity contribution >= 4 is 13.3 Å². The average Bonchev–Trinajstić information content (AvgIpc) is 3.78. The van der Waals surface area contributed by atoms with Crippen LogP contribution >= 0.6 is 0 Å². The van der Waals surface area contributed by atoms with Crippen LogP contribution in [0.5, 0.6) is 0 Å². The maximum absolute atomic E-state index is 5.01. The summed E-state index contributed by atoms with van der Waals surface area (Å²) in [7, 11) is -1.34. The predicted molar refractivity (Wildman–Crippen MR) is 215 cm³/mol. The van der Waals surface area contributed by atoms with Gasteiger partial charge in [0.25, 0.3) is 0 Å². The average molecular weight is 676 g/mol. The lowest BCUT2D eigenvalue weighted by molar-refractivity contribution is 0.550. The highest BCUT2D eigenvalue weighted by molar-refractivity contribution is 6.88. The lowest BCUT2D eigenvalue weighted by atomic mass is 9.75. The molecule has 0 aliphatic heterocycles. The SMILES string of the molecule is C[Si](C)(C)c1ccc(-c2ccc3c(c2)C2(CCCC2)c2cc(-c4cccc(-c5nc(-c6ccccc6)nc(-c6ccccc6)n5)c4)ccc2-3)cc1. The van der Waals surface area contributed by atoms with E-state index in [4.69, 9.17) is 15.0 Å². The van der Waals surface area contributed by atoms with Crippen LogP contribution in [0.1, 0.15) is 36.8 Å². The van der Waals surface area contributed by atoms with Crippen molar-refractivity contribution < 1.29 is 0 Å². The van der Waals surface area contributed by atoms with Crippen molar-refractivity contribution in [2.24, 2.45) is 0 Å². The van der Waals surface area contributed by atoms with Crippen LogP contribution in [0.2, 0.25) is 19.6 Å². The van der Waals surface area contributed by atoms with Crippen LogP contribution < -0.4 is 5.19 Å². The molecule has 0 unspecified atom stereocenters. The fourth-order valence-corrected chi connectivity index (χ4v) is 9.48. The number of hydrogen-bond acceptors (Lipinski definition) is 3. The molecule has 6 aromatic carbocycles. The molecule has 248 valence electrons. The molecule has 0 saturated heterocycles. The normalized spacial score (nSPS) is 14.4. The number of aromatic nitrogens is 3. The first-order chi connectivity index (χ1) is 24.9. The Kier molecular flexibility index (Phi) is 7.66. The van der Waals surface area contributed by atoms with Gasteiger partial charge >= 0.3 is 0 Å². The Bertz CT molecular complexity index is 2330. The molecule has 0 radical (unpaired) electrons. The van der Waals surface area contributed by atoms with Gasteiger partial charge in [0.2, 0.25) is 0 Å². The van der Waals surface area contributed by atoms with Crippen molar-refractivity contribution in [3.05, 3.63) is 157 Å². The van der Waals surface area contributed by atoms with E-state index in [0.29, 0.717) is 17.5 Å². The van der Waals surface area contributed by atoms with E-state index in [2.05, 4.69) is 129 Å². The van der Waals surface area contributed by atoms with Crippen molar-refractivity contribution in [1.29, 1.82) is 0 Å². The molecule has 9 rings (SSSR count). The summed E-state index contributed by atoms with van der Waals surface area (Å²) in [5.74, 6) is 2.03. The van der Waals surface area contributed by atoms with E-state index in [-0.39, 0.29) is 5.41 Å². The highest BCUT2D eigenvalue weighted by atomic mass is 28.3. The van der Waals surface area contributed by atoms with Crippen LogP contribution in [0.25, 0.3) is 67.5 Å². The summed E-state index contributed by atoms with van der Waals surface area (Å²) in [6.45, 7) is 7.25. The molecule has 2 aliphatic rings. The Hall–Kier alpha value is -5.45. The van der Waals surface area contributed by atoms with Crippen LogP contribution in [0, 0.1) is 0 Å². The summed E-state index contributed by atoms with van der Waals surface area (Å²) in [5.41, 5.74) is 13.8. The topological polar surface area (TPSA) is 38.7 Å². The van der Waals surface area contributed by atoms with Gasteiger partial charge in [-0.25, -0.2) is 15.0 Å². The second-order valence-electron chi connectivity index (χ2n) is 15.3. The van der Waals surface area contributed by atoms with E-state index in [0.717, 1.165) is 16.7 Å². The lowest BCUT2D eigenvalue weighted by Gasteiger charge is -2.27. The van der Waals surface area contributed by atoms with Crippen molar-refractivity contribution in [3.8, 4) is 67.5 Å². The van der Waals surface area contributed by atoms with Gasteiger partial charge in [0.1, 0.15) is 0 Å². The summed E-state index contributed by atoms with van der Waals surface area (Å²) < 4.78 is 0. The van der Waals surface area contributed by atoms with Crippen LogP contribution in [0.15, 0.2) is 146 Å². The van der Waals surface area contributed by atoms with Crippen LogP contribution in [-0.2, 0) is 5.41 Å². The van der Waals surface area contributed by atoms with Crippen LogP contribution in [0.3, 0.4) is 0 Å². The first-order valence-corrected chi connectivity index (χ1v) is 21.7. The van der Waals surface area contributed by atoms with Crippen molar-refractivity contribution in [2.45, 2.75) is 50.7 Å². The van der Waals surface area contributed by atoms with E-state index in [9.17, 15) is 0 Å². The Morgan fingerprint density at radius 3 is 1.37 bits per heavy atom. The molecule has 1 spiro atoms. The van der Waals surface area contributed by atoms with Crippen LogP contribution in [-0.4, -0.2) is 23.0 Å². The molecule has 1 fully saturated rings. The summed E-state index contributed by atoms with van der Waals surface area (Å²) >= 11 is 0. The molecule has 1 heterocycles. The van der Waals surface area contributed by atoms with Crippen molar-refractivity contribution in [3.63, 3.8) is 0 Å². The smallest absolute Gasteiger partial charge is 0.164 e. The molecule has 0 bridgehead atoms. The molecular formula is C47H41N3Si. The minimum Gasteiger partial charge on any atom is -0.208 e. The number of nitrogens with zero attached hydrogens (tertiary/aromatic N) is 3. The molecule has 2 aliphatic carbocycles. The zero-order valence-electron chi connectivity index (χ0n) is 29.5. The molecule has 0 atom stereocenters. The zero-order chi connectivity index (χ0) is 34.6. The molecule has 0 N–H and O–H groups in total. The van der Waals surface area contributed by atoms with Gasteiger partial charge in [0, 0.05) is 22.1 Å². The summed E-state index contributed by atoms with van der Waals surface area (Å²) in [6.07, 6.45) is 4.93.